The molecule has 0 heterocycles. The van der Waals surface area contributed by atoms with Crippen LogP contribution in [0, 0.1) is 0 Å². The van der Waals surface area contributed by atoms with Gasteiger partial charge in [-0.1, -0.05) is 36.7 Å². The van der Waals surface area contributed by atoms with Gasteiger partial charge in [0.1, 0.15) is 29.3 Å². The van der Waals surface area contributed by atoms with Gasteiger partial charge in [-0.15, -0.1) is 0 Å². The molecule has 1 N–H and O–H groups in total. The summed E-state index contributed by atoms with van der Waals surface area (Å²) in [6.07, 6.45) is 1.87. The van der Waals surface area contributed by atoms with Crippen molar-refractivity contribution < 1.29 is 40.8 Å². The maximum Gasteiger partial charge on any atom is 0.465 e. The molecule has 0 aromatic heterocycles. The third-order valence-electron chi connectivity index (χ3n) is 3.57. The Bertz CT molecular complexity index is 774. The highest BCUT2D eigenvalue weighted by molar-refractivity contribution is 7.87. The van der Waals surface area contributed by atoms with Crippen molar-refractivity contribution in [2.75, 3.05) is 6.61 Å². The van der Waals surface area contributed by atoms with E-state index in [9.17, 15) is 26.8 Å². The average Bonchev–Trinajstić information content (AvgIpc) is 2.58. The van der Waals surface area contributed by atoms with Crippen molar-refractivity contribution in [2.45, 2.75) is 24.2 Å². The second kappa shape index (κ2) is 8.67. The minimum absolute atomic E-state index is 0.259. The van der Waals surface area contributed by atoms with E-state index in [1.807, 2.05) is 35.7 Å². The van der Waals surface area contributed by atoms with Crippen molar-refractivity contribution in [1.29, 1.82) is 0 Å². The molecule has 1 aromatic rings. The van der Waals surface area contributed by atoms with E-state index in [-0.39, 0.29) is 5.75 Å². The quantitative estimate of drug-likeness (QED) is 0.238. The summed E-state index contributed by atoms with van der Waals surface area (Å²) >= 11 is 0. The largest absolute Gasteiger partial charge is 0.465 e. The number of halogens is 2. The molecular formula is C13H17B3F2O7S. The van der Waals surface area contributed by atoms with Gasteiger partial charge in [-0.3, -0.25) is 4.55 Å². The first kappa shape index (κ1) is 22.2. The third kappa shape index (κ3) is 5.07. The normalized spacial score (nSPS) is 11.8. The van der Waals surface area contributed by atoms with Crippen LogP contribution in [-0.2, 0) is 43.4 Å². The van der Waals surface area contributed by atoms with Crippen LogP contribution in [0.2, 0.25) is 0 Å². The molecule has 0 aliphatic carbocycles. The Hall–Kier alpha value is -1.88. The van der Waals surface area contributed by atoms with Crippen LogP contribution in [0.5, 0.6) is 5.75 Å². The number of esters is 2. The smallest absolute Gasteiger partial charge is 0.448 e. The predicted molar refractivity (Wildman–Crippen MR) is 96.3 cm³/mol. The summed E-state index contributed by atoms with van der Waals surface area (Å²) in [5, 5.41) is -5.17. The van der Waals surface area contributed by atoms with Crippen molar-refractivity contribution in [2.24, 2.45) is 0 Å². The minimum Gasteiger partial charge on any atom is -0.448 e. The molecule has 0 saturated carbocycles. The van der Waals surface area contributed by atoms with Crippen LogP contribution in [0.3, 0.4) is 0 Å². The lowest BCUT2D eigenvalue weighted by Crippen LogP contribution is -2.40. The summed E-state index contributed by atoms with van der Waals surface area (Å²) in [7, 11) is -0.339. The van der Waals surface area contributed by atoms with Crippen molar-refractivity contribution in [3.8, 4) is 5.75 Å². The van der Waals surface area contributed by atoms with Crippen LogP contribution in [0.15, 0.2) is 12.1 Å². The first-order chi connectivity index (χ1) is 12.0. The summed E-state index contributed by atoms with van der Waals surface area (Å²) in [5.74, 6) is -3.46. The second-order valence-electron chi connectivity index (χ2n) is 5.35. The molecule has 1 rings (SSSR count). The molecule has 0 saturated heterocycles. The number of carbonyl (C=O) groups is 2. The average molecular weight is 388 g/mol. The Morgan fingerprint density at radius 1 is 1.08 bits per heavy atom. The minimum atomic E-state index is -6.00. The number of rotatable bonds is 8. The number of benzene rings is 1. The number of carbonyl (C=O) groups excluding carboxylic acids is 2. The van der Waals surface area contributed by atoms with E-state index in [1.165, 1.54) is 0 Å². The monoisotopic (exact) mass is 388 g/mol. The van der Waals surface area contributed by atoms with Gasteiger partial charge in [0.15, 0.2) is 6.61 Å². The highest BCUT2D eigenvalue weighted by atomic mass is 32.2. The standard InChI is InChI=1S/C13H17B3F2O7S/c14-3-7-1-8(4-15)11(9(2-7)5-16)25-10(19)6-24-12(20)13(17,18)26(21,22)23/h1-2H,3-6,14-16H2,(H,21,22,23). The molecule has 0 atom stereocenters. The van der Waals surface area contributed by atoms with Gasteiger partial charge in [0.2, 0.25) is 0 Å². The van der Waals surface area contributed by atoms with E-state index in [4.69, 9.17) is 9.29 Å². The fourth-order valence-electron chi connectivity index (χ4n) is 2.14. The van der Waals surface area contributed by atoms with Gasteiger partial charge in [-0.25, -0.2) is 9.59 Å². The summed E-state index contributed by atoms with van der Waals surface area (Å²) in [5.41, 5.74) is 2.49. The molecule has 0 aliphatic heterocycles. The summed E-state index contributed by atoms with van der Waals surface area (Å²) < 4.78 is 64.4. The van der Waals surface area contributed by atoms with Gasteiger partial charge >= 0.3 is 27.3 Å². The second-order valence-corrected chi connectivity index (χ2v) is 6.81. The first-order valence-electron chi connectivity index (χ1n) is 7.85. The summed E-state index contributed by atoms with van der Waals surface area (Å²) in [6, 6.07) is 3.69. The van der Waals surface area contributed by atoms with Crippen LogP contribution < -0.4 is 4.74 Å². The first-order valence-corrected chi connectivity index (χ1v) is 9.29. The van der Waals surface area contributed by atoms with E-state index in [2.05, 4.69) is 4.74 Å². The van der Waals surface area contributed by atoms with E-state index < -0.39 is 33.9 Å². The Labute approximate surface area is 152 Å². The third-order valence-corrected chi connectivity index (χ3v) is 4.39. The Balaban J connectivity index is 2.91. The van der Waals surface area contributed by atoms with Gasteiger partial charge in [-0.05, 0) is 11.1 Å². The molecule has 0 fully saturated rings. The highest BCUT2D eigenvalue weighted by Crippen LogP contribution is 2.27. The molecule has 0 amide bonds. The topological polar surface area (TPSA) is 107 Å². The zero-order chi connectivity index (χ0) is 20.1. The molecule has 13 heteroatoms. The molecule has 0 aliphatic rings. The summed E-state index contributed by atoms with van der Waals surface area (Å²) in [4.78, 5) is 22.9. The maximum absolute atomic E-state index is 13.1. The SMILES string of the molecule is BCc1cc(CB)c(OC(=O)COC(=O)C(F)(F)S(=O)(=O)O)c(CB)c1. The van der Waals surface area contributed by atoms with Gasteiger partial charge in [0, 0.05) is 0 Å². The number of ether oxygens (including phenoxy) is 2. The van der Waals surface area contributed by atoms with Crippen molar-refractivity contribution >= 4 is 45.6 Å². The van der Waals surface area contributed by atoms with Crippen molar-refractivity contribution in [1.82, 2.24) is 0 Å². The van der Waals surface area contributed by atoms with Gasteiger partial charge in [0.05, 0.1) is 0 Å². The lowest BCUT2D eigenvalue weighted by molar-refractivity contribution is -0.166. The van der Waals surface area contributed by atoms with Crippen LogP contribution in [0.1, 0.15) is 16.7 Å². The van der Waals surface area contributed by atoms with Crippen LogP contribution in [0.4, 0.5) is 8.78 Å². The maximum atomic E-state index is 13.1. The Morgan fingerprint density at radius 3 is 1.96 bits per heavy atom. The molecule has 140 valence electrons. The van der Waals surface area contributed by atoms with Gasteiger partial charge < -0.3 is 9.47 Å². The van der Waals surface area contributed by atoms with E-state index in [0.717, 1.165) is 23.0 Å². The van der Waals surface area contributed by atoms with Crippen LogP contribution in [0.25, 0.3) is 0 Å². The molecule has 7 nitrogen and oxygen atoms in total. The highest BCUT2D eigenvalue weighted by Gasteiger charge is 2.54. The molecular weight excluding hydrogens is 371 g/mol. The zero-order valence-electron chi connectivity index (χ0n) is 14.5. The molecule has 0 unspecified atom stereocenters. The molecule has 26 heavy (non-hydrogen) atoms. The molecule has 1 aromatic carbocycles. The fourth-order valence-corrected chi connectivity index (χ4v) is 2.41. The van der Waals surface area contributed by atoms with Crippen molar-refractivity contribution in [3.05, 3.63) is 28.8 Å². The van der Waals surface area contributed by atoms with E-state index >= 15 is 0 Å². The van der Waals surface area contributed by atoms with Crippen molar-refractivity contribution in [3.63, 3.8) is 0 Å². The number of hydrogen-bond acceptors (Lipinski definition) is 6. The fraction of sp³-hybridized carbons (Fsp3) is 0.385. The Morgan fingerprint density at radius 2 is 1.58 bits per heavy atom. The van der Waals surface area contributed by atoms with Gasteiger partial charge in [0.25, 0.3) is 0 Å². The lowest BCUT2D eigenvalue weighted by Gasteiger charge is -2.16. The van der Waals surface area contributed by atoms with E-state index in [1.54, 1.807) is 0 Å². The van der Waals surface area contributed by atoms with Crippen LogP contribution >= 0.6 is 0 Å². The molecule has 0 bridgehead atoms. The zero-order valence-corrected chi connectivity index (χ0v) is 15.4. The van der Waals surface area contributed by atoms with E-state index in [0.29, 0.717) is 12.6 Å². The number of alkyl halides is 2. The Kier molecular flexibility index (Phi) is 7.40. The molecule has 0 radical (unpaired) electrons. The molecule has 0 spiro atoms. The van der Waals surface area contributed by atoms with Gasteiger partial charge in [-0.2, -0.15) is 17.2 Å². The summed E-state index contributed by atoms with van der Waals surface area (Å²) in [6.45, 7) is -1.23. The lowest BCUT2D eigenvalue weighted by atomic mass is 9.85. The van der Waals surface area contributed by atoms with Crippen LogP contribution in [-0.4, -0.2) is 60.3 Å². The predicted octanol–water partition coefficient (Wildman–Crippen LogP) is -1.98. The number of hydrogen-bond donors (Lipinski definition) is 1.